The third kappa shape index (κ3) is 3.50. The van der Waals surface area contributed by atoms with E-state index >= 15 is 0 Å². The number of hydrogen-bond acceptors (Lipinski definition) is 5. The Morgan fingerprint density at radius 2 is 2.25 bits per heavy atom. The first-order valence-electron chi connectivity index (χ1n) is 1.77. The zero-order chi connectivity index (χ0) is 6.41. The van der Waals surface area contributed by atoms with Crippen molar-refractivity contribution in [2.45, 2.75) is 0 Å². The van der Waals surface area contributed by atoms with Crippen molar-refractivity contribution in [1.82, 2.24) is 5.48 Å². The fraction of sp³-hybridized carbons (Fsp3) is 0.500. The van der Waals surface area contributed by atoms with Crippen LogP contribution in [0.1, 0.15) is 0 Å². The SMILES string of the molecule is NOCC(=O)NON. The molecule has 0 saturated carbocycles. The molecule has 0 aromatic carbocycles. The summed E-state index contributed by atoms with van der Waals surface area (Å²) in [6.07, 6.45) is 0. The van der Waals surface area contributed by atoms with Gasteiger partial charge in [-0.3, -0.25) is 9.63 Å². The van der Waals surface area contributed by atoms with E-state index in [1.54, 1.807) is 5.48 Å². The van der Waals surface area contributed by atoms with Crippen molar-refractivity contribution in [2.24, 2.45) is 11.8 Å². The second-order valence-corrected chi connectivity index (χ2v) is 0.954. The summed E-state index contributed by atoms with van der Waals surface area (Å²) in [5.41, 5.74) is 1.78. The second kappa shape index (κ2) is 4.47. The Labute approximate surface area is 45.6 Å². The molecule has 0 unspecified atom stereocenters. The van der Waals surface area contributed by atoms with E-state index in [0.717, 1.165) is 0 Å². The largest absolute Gasteiger partial charge is 0.295 e. The molecular weight excluding hydrogens is 114 g/mol. The summed E-state index contributed by atoms with van der Waals surface area (Å²) in [6, 6.07) is 0. The molecule has 0 spiro atoms. The van der Waals surface area contributed by atoms with Crippen LogP contribution in [-0.4, -0.2) is 12.5 Å². The van der Waals surface area contributed by atoms with Gasteiger partial charge in [-0.1, -0.05) is 0 Å². The number of hydrogen-bond donors (Lipinski definition) is 3. The van der Waals surface area contributed by atoms with Gasteiger partial charge in [0, 0.05) is 0 Å². The van der Waals surface area contributed by atoms with Gasteiger partial charge in [-0.2, -0.15) is 10.8 Å². The monoisotopic (exact) mass is 121 g/mol. The van der Waals surface area contributed by atoms with E-state index in [1.165, 1.54) is 0 Å². The molecule has 5 N–H and O–H groups in total. The van der Waals surface area contributed by atoms with Crippen molar-refractivity contribution in [2.75, 3.05) is 6.61 Å². The molecule has 0 aliphatic carbocycles. The van der Waals surface area contributed by atoms with Crippen LogP contribution in [0.4, 0.5) is 0 Å². The summed E-state index contributed by atoms with van der Waals surface area (Å²) in [6.45, 7) is -0.267. The van der Waals surface area contributed by atoms with Crippen LogP contribution in [0.15, 0.2) is 0 Å². The highest BCUT2D eigenvalue weighted by atomic mass is 16.8. The molecule has 0 saturated heterocycles. The summed E-state index contributed by atoms with van der Waals surface area (Å²) in [7, 11) is 0. The van der Waals surface area contributed by atoms with Gasteiger partial charge in [0.15, 0.2) is 0 Å². The molecule has 0 rings (SSSR count). The van der Waals surface area contributed by atoms with Crippen LogP contribution in [-0.2, 0) is 14.6 Å². The molecule has 6 heteroatoms. The predicted molar refractivity (Wildman–Crippen MR) is 23.6 cm³/mol. The standard InChI is InChI=1S/C2H7N3O3/c3-7-1-2(6)5-8-4/h1,3-4H2,(H,5,6). The molecule has 0 atom stereocenters. The second-order valence-electron chi connectivity index (χ2n) is 0.954. The maximum Gasteiger partial charge on any atom is 0.273 e. The maximum absolute atomic E-state index is 10.1. The molecule has 0 aliphatic rings. The molecule has 1 amide bonds. The number of rotatable bonds is 3. The van der Waals surface area contributed by atoms with Gasteiger partial charge in [0.05, 0.1) is 0 Å². The molecule has 8 heavy (non-hydrogen) atoms. The van der Waals surface area contributed by atoms with E-state index in [-0.39, 0.29) is 6.61 Å². The minimum atomic E-state index is -0.532. The van der Waals surface area contributed by atoms with E-state index in [2.05, 4.69) is 21.6 Å². The average Bonchev–Trinajstić information content (AvgIpc) is 1.68. The van der Waals surface area contributed by atoms with Gasteiger partial charge in [-0.25, -0.2) is 11.4 Å². The molecule has 0 radical (unpaired) electrons. The van der Waals surface area contributed by atoms with Crippen LogP contribution in [0.2, 0.25) is 0 Å². The van der Waals surface area contributed by atoms with E-state index in [9.17, 15) is 4.79 Å². The maximum atomic E-state index is 10.1. The van der Waals surface area contributed by atoms with Gasteiger partial charge in [-0.15, -0.1) is 0 Å². The topological polar surface area (TPSA) is 99.6 Å². The molecule has 0 bridgehead atoms. The highest BCUT2D eigenvalue weighted by Crippen LogP contribution is 1.61. The highest BCUT2D eigenvalue weighted by Gasteiger charge is 1.95. The first kappa shape index (κ1) is 7.31. The molecule has 0 heterocycles. The molecule has 0 aromatic heterocycles. The predicted octanol–water partition coefficient (Wildman–Crippen LogP) is -2.20. The average molecular weight is 121 g/mol. The number of nitrogens with one attached hydrogen (secondary N) is 1. The van der Waals surface area contributed by atoms with Crippen LogP contribution in [0.25, 0.3) is 0 Å². The Bertz CT molecular complexity index is 66.9. The number of carbonyl (C=O) groups excluding carboxylic acids is 1. The van der Waals surface area contributed by atoms with Crippen LogP contribution >= 0.6 is 0 Å². The van der Waals surface area contributed by atoms with Gasteiger partial charge in [0.2, 0.25) is 0 Å². The lowest BCUT2D eigenvalue weighted by Crippen LogP contribution is -2.31. The van der Waals surface area contributed by atoms with Crippen LogP contribution in [0.3, 0.4) is 0 Å². The minimum Gasteiger partial charge on any atom is -0.295 e. The third-order valence-corrected chi connectivity index (χ3v) is 0.387. The lowest BCUT2D eigenvalue weighted by Gasteiger charge is -1.96. The molecule has 0 aliphatic heterocycles. The van der Waals surface area contributed by atoms with Crippen molar-refractivity contribution in [3.63, 3.8) is 0 Å². The number of hydroxylamine groups is 1. The van der Waals surface area contributed by atoms with Gasteiger partial charge >= 0.3 is 0 Å². The van der Waals surface area contributed by atoms with Crippen LogP contribution in [0.5, 0.6) is 0 Å². The van der Waals surface area contributed by atoms with Crippen molar-refractivity contribution < 1.29 is 14.6 Å². The molecular formula is C2H7N3O3. The molecule has 48 valence electrons. The first-order valence-corrected chi connectivity index (χ1v) is 1.77. The van der Waals surface area contributed by atoms with Crippen LogP contribution < -0.4 is 17.3 Å². The number of amides is 1. The summed E-state index contributed by atoms with van der Waals surface area (Å²) >= 11 is 0. The minimum absolute atomic E-state index is 0.267. The summed E-state index contributed by atoms with van der Waals surface area (Å²) in [5, 5.41) is 0. The van der Waals surface area contributed by atoms with E-state index < -0.39 is 5.91 Å². The van der Waals surface area contributed by atoms with Crippen molar-refractivity contribution in [1.29, 1.82) is 0 Å². The molecule has 0 fully saturated rings. The van der Waals surface area contributed by atoms with Gasteiger partial charge in [0.25, 0.3) is 5.91 Å². The Morgan fingerprint density at radius 3 is 2.62 bits per heavy atom. The van der Waals surface area contributed by atoms with Crippen molar-refractivity contribution in [3.05, 3.63) is 0 Å². The summed E-state index contributed by atoms with van der Waals surface area (Å²) < 4.78 is 0. The van der Waals surface area contributed by atoms with E-state index in [4.69, 9.17) is 0 Å². The number of nitrogens with two attached hydrogens (primary N) is 2. The third-order valence-electron chi connectivity index (χ3n) is 0.387. The molecule has 6 nitrogen and oxygen atoms in total. The van der Waals surface area contributed by atoms with Gasteiger partial charge in [0.1, 0.15) is 6.61 Å². The highest BCUT2D eigenvalue weighted by molar-refractivity contribution is 5.75. The first-order chi connectivity index (χ1) is 3.81. The summed E-state index contributed by atoms with van der Waals surface area (Å²) in [5.74, 6) is 8.40. The van der Waals surface area contributed by atoms with Crippen molar-refractivity contribution >= 4 is 5.91 Å². The summed E-state index contributed by atoms with van der Waals surface area (Å²) in [4.78, 5) is 17.8. The Balaban J connectivity index is 3.06. The zero-order valence-corrected chi connectivity index (χ0v) is 4.09. The Hall–Kier alpha value is -0.690. The Kier molecular flexibility index (Phi) is 4.08. The van der Waals surface area contributed by atoms with E-state index in [1.807, 2.05) is 0 Å². The van der Waals surface area contributed by atoms with Gasteiger partial charge in [-0.05, 0) is 0 Å². The van der Waals surface area contributed by atoms with E-state index in [0.29, 0.717) is 0 Å². The lowest BCUT2D eigenvalue weighted by atomic mass is 10.7. The fourth-order valence-electron chi connectivity index (χ4n) is 0.171. The normalized spacial score (nSPS) is 8.75. The quantitative estimate of drug-likeness (QED) is 0.368. The van der Waals surface area contributed by atoms with Gasteiger partial charge < -0.3 is 0 Å². The van der Waals surface area contributed by atoms with Crippen LogP contribution in [0, 0.1) is 0 Å². The lowest BCUT2D eigenvalue weighted by molar-refractivity contribution is -0.138. The zero-order valence-electron chi connectivity index (χ0n) is 4.09. The van der Waals surface area contributed by atoms with Crippen molar-refractivity contribution in [3.8, 4) is 0 Å². The fourth-order valence-corrected chi connectivity index (χ4v) is 0.171. The molecule has 0 aromatic rings. The Morgan fingerprint density at radius 1 is 1.62 bits per heavy atom. The number of carbonyl (C=O) groups is 1. The smallest absolute Gasteiger partial charge is 0.273 e.